The van der Waals surface area contributed by atoms with Gasteiger partial charge < -0.3 is 10.1 Å². The van der Waals surface area contributed by atoms with Crippen molar-refractivity contribution in [2.24, 2.45) is 0 Å². The van der Waals surface area contributed by atoms with Crippen molar-refractivity contribution in [1.82, 2.24) is 4.98 Å². The third kappa shape index (κ3) is 1.99. The maximum Gasteiger partial charge on any atom is 0.337 e. The van der Waals surface area contributed by atoms with Crippen LogP contribution in [0.25, 0.3) is 11.1 Å². The van der Waals surface area contributed by atoms with E-state index >= 15 is 0 Å². The molecule has 2 rings (SSSR count). The summed E-state index contributed by atoms with van der Waals surface area (Å²) in [6.45, 7) is 0. The van der Waals surface area contributed by atoms with E-state index in [1.54, 1.807) is 18.3 Å². The van der Waals surface area contributed by atoms with Gasteiger partial charge in [-0.3, -0.25) is 0 Å². The maximum atomic E-state index is 10.9. The van der Waals surface area contributed by atoms with Crippen LogP contribution < -0.4 is 0 Å². The summed E-state index contributed by atoms with van der Waals surface area (Å²) >= 11 is 9.24. The molecule has 82 valence electrons. The number of hydrogen-bond acceptors (Lipinski definition) is 1. The van der Waals surface area contributed by atoms with Gasteiger partial charge in [0.2, 0.25) is 0 Å². The summed E-state index contributed by atoms with van der Waals surface area (Å²) in [5.41, 5.74) is 1.63. The normalized spacial score (nSPS) is 10.4. The molecule has 0 amide bonds. The number of nitrogens with one attached hydrogen (secondary N) is 1. The summed E-state index contributed by atoms with van der Waals surface area (Å²) in [4.78, 5) is 13.7. The van der Waals surface area contributed by atoms with Crippen LogP contribution in [-0.2, 0) is 0 Å². The first-order valence-electron chi connectivity index (χ1n) is 4.45. The molecule has 3 nitrogen and oxygen atoms in total. The molecule has 1 aromatic heterocycles. The molecule has 0 aliphatic heterocycles. The Hall–Kier alpha value is -1.26. The SMILES string of the molecule is O=C(O)c1c[nH]cc1-c1ccc(Br)c(Cl)c1. The Morgan fingerprint density at radius 1 is 1.38 bits per heavy atom. The Morgan fingerprint density at radius 3 is 2.75 bits per heavy atom. The van der Waals surface area contributed by atoms with Crippen LogP contribution in [0.4, 0.5) is 0 Å². The van der Waals surface area contributed by atoms with Gasteiger partial charge in [0.05, 0.1) is 10.6 Å². The topological polar surface area (TPSA) is 53.1 Å². The third-order valence-electron chi connectivity index (χ3n) is 2.21. The van der Waals surface area contributed by atoms with Crippen molar-refractivity contribution in [1.29, 1.82) is 0 Å². The highest BCUT2D eigenvalue weighted by Crippen LogP contribution is 2.30. The number of halogens is 2. The van der Waals surface area contributed by atoms with Crippen molar-refractivity contribution in [3.8, 4) is 11.1 Å². The van der Waals surface area contributed by atoms with Crippen LogP contribution in [-0.4, -0.2) is 16.1 Å². The highest BCUT2D eigenvalue weighted by atomic mass is 79.9. The van der Waals surface area contributed by atoms with Gasteiger partial charge in [0.1, 0.15) is 0 Å². The second-order valence-electron chi connectivity index (χ2n) is 3.22. The summed E-state index contributed by atoms with van der Waals surface area (Å²) in [5.74, 6) is -0.963. The molecule has 0 bridgehead atoms. The van der Waals surface area contributed by atoms with E-state index < -0.39 is 5.97 Å². The Kier molecular flexibility index (Phi) is 3.03. The van der Waals surface area contributed by atoms with Gasteiger partial charge in [-0.05, 0) is 33.6 Å². The number of carbonyl (C=O) groups is 1. The first kappa shape index (κ1) is 11.2. The fourth-order valence-electron chi connectivity index (χ4n) is 1.44. The van der Waals surface area contributed by atoms with Crippen LogP contribution in [0.1, 0.15) is 10.4 Å². The molecule has 0 unspecified atom stereocenters. The number of carboxylic acids is 1. The Labute approximate surface area is 105 Å². The minimum atomic E-state index is -0.963. The van der Waals surface area contributed by atoms with Crippen LogP contribution in [0.15, 0.2) is 35.1 Å². The molecule has 0 saturated heterocycles. The quantitative estimate of drug-likeness (QED) is 0.886. The van der Waals surface area contributed by atoms with Crippen molar-refractivity contribution in [3.05, 3.63) is 45.7 Å². The zero-order valence-electron chi connectivity index (χ0n) is 8.00. The minimum absolute atomic E-state index is 0.235. The number of carboxylic acid groups (broad SMARTS) is 1. The van der Waals surface area contributed by atoms with E-state index in [4.69, 9.17) is 16.7 Å². The standard InChI is InChI=1S/C11H7BrClNO2/c12-9-2-1-6(3-10(9)13)7-4-14-5-8(7)11(15)16/h1-5,14H,(H,15,16). The van der Waals surface area contributed by atoms with E-state index in [0.717, 1.165) is 10.0 Å². The zero-order valence-corrected chi connectivity index (χ0v) is 10.3. The van der Waals surface area contributed by atoms with Gasteiger partial charge in [0.25, 0.3) is 0 Å². The van der Waals surface area contributed by atoms with Gasteiger partial charge in [-0.15, -0.1) is 0 Å². The second-order valence-corrected chi connectivity index (χ2v) is 4.48. The highest BCUT2D eigenvalue weighted by molar-refractivity contribution is 9.10. The highest BCUT2D eigenvalue weighted by Gasteiger charge is 2.13. The van der Waals surface area contributed by atoms with Crippen LogP contribution in [0.3, 0.4) is 0 Å². The van der Waals surface area contributed by atoms with Crippen molar-refractivity contribution < 1.29 is 9.90 Å². The van der Waals surface area contributed by atoms with Gasteiger partial charge in [-0.1, -0.05) is 17.7 Å². The lowest BCUT2D eigenvalue weighted by molar-refractivity contribution is 0.0698. The predicted molar refractivity (Wildman–Crippen MR) is 65.9 cm³/mol. The summed E-state index contributed by atoms with van der Waals surface area (Å²) in [5, 5.41) is 9.53. The van der Waals surface area contributed by atoms with Crippen molar-refractivity contribution in [3.63, 3.8) is 0 Å². The molecule has 16 heavy (non-hydrogen) atoms. The number of benzene rings is 1. The fraction of sp³-hybridized carbons (Fsp3) is 0. The number of aromatic nitrogens is 1. The summed E-state index contributed by atoms with van der Waals surface area (Å²) in [6, 6.07) is 5.32. The molecular formula is C11H7BrClNO2. The Balaban J connectivity index is 2.54. The lowest BCUT2D eigenvalue weighted by Gasteiger charge is -2.02. The molecule has 0 fully saturated rings. The molecule has 0 saturated carbocycles. The molecule has 0 spiro atoms. The van der Waals surface area contributed by atoms with E-state index in [-0.39, 0.29) is 5.56 Å². The number of aromatic carboxylic acids is 1. The van der Waals surface area contributed by atoms with Crippen LogP contribution in [0.2, 0.25) is 5.02 Å². The first-order chi connectivity index (χ1) is 7.59. The lowest BCUT2D eigenvalue weighted by atomic mass is 10.1. The predicted octanol–water partition coefficient (Wildman–Crippen LogP) is 3.80. The monoisotopic (exact) mass is 299 g/mol. The van der Waals surface area contributed by atoms with Gasteiger partial charge in [-0.2, -0.15) is 0 Å². The molecule has 1 heterocycles. The number of rotatable bonds is 2. The molecule has 2 N–H and O–H groups in total. The molecule has 5 heteroatoms. The number of hydrogen-bond donors (Lipinski definition) is 2. The van der Waals surface area contributed by atoms with Gasteiger partial charge in [0, 0.05) is 22.4 Å². The van der Waals surface area contributed by atoms with E-state index in [1.807, 2.05) is 6.07 Å². The van der Waals surface area contributed by atoms with Crippen LogP contribution >= 0.6 is 27.5 Å². The molecule has 0 aliphatic rings. The third-order valence-corrected chi connectivity index (χ3v) is 3.44. The molecule has 0 atom stereocenters. The van der Waals surface area contributed by atoms with Crippen molar-refractivity contribution in [2.45, 2.75) is 0 Å². The van der Waals surface area contributed by atoms with E-state index in [1.165, 1.54) is 6.20 Å². The number of H-pyrrole nitrogens is 1. The van der Waals surface area contributed by atoms with Gasteiger partial charge in [0.15, 0.2) is 0 Å². The van der Waals surface area contributed by atoms with Gasteiger partial charge >= 0.3 is 5.97 Å². The summed E-state index contributed by atoms with van der Waals surface area (Å²) in [7, 11) is 0. The molecule has 0 aliphatic carbocycles. The van der Waals surface area contributed by atoms with E-state index in [0.29, 0.717) is 10.6 Å². The first-order valence-corrected chi connectivity index (χ1v) is 5.62. The number of aromatic amines is 1. The van der Waals surface area contributed by atoms with Crippen LogP contribution in [0, 0.1) is 0 Å². The minimum Gasteiger partial charge on any atom is -0.478 e. The average molecular weight is 301 g/mol. The molecule has 1 aromatic carbocycles. The van der Waals surface area contributed by atoms with Crippen molar-refractivity contribution >= 4 is 33.5 Å². The summed E-state index contributed by atoms with van der Waals surface area (Å²) in [6.07, 6.45) is 3.09. The van der Waals surface area contributed by atoms with E-state index in [2.05, 4.69) is 20.9 Å². The second kappa shape index (κ2) is 4.31. The van der Waals surface area contributed by atoms with E-state index in [9.17, 15) is 4.79 Å². The lowest BCUT2D eigenvalue weighted by Crippen LogP contribution is -1.95. The van der Waals surface area contributed by atoms with Gasteiger partial charge in [-0.25, -0.2) is 4.79 Å². The van der Waals surface area contributed by atoms with Crippen LogP contribution in [0.5, 0.6) is 0 Å². The van der Waals surface area contributed by atoms with Crippen molar-refractivity contribution in [2.75, 3.05) is 0 Å². The Bertz CT molecular complexity index is 551. The largest absolute Gasteiger partial charge is 0.478 e. The molecule has 2 aromatic rings. The zero-order chi connectivity index (χ0) is 11.7. The smallest absolute Gasteiger partial charge is 0.337 e. The fourth-order valence-corrected chi connectivity index (χ4v) is 1.87. The summed E-state index contributed by atoms with van der Waals surface area (Å²) < 4.78 is 0.783. The molecular weight excluding hydrogens is 293 g/mol. The Morgan fingerprint density at radius 2 is 2.12 bits per heavy atom. The average Bonchev–Trinajstić information content (AvgIpc) is 2.71. The maximum absolute atomic E-state index is 10.9. The molecule has 0 radical (unpaired) electrons.